The number of thiophene rings is 1. The summed E-state index contributed by atoms with van der Waals surface area (Å²) in [4.78, 5) is 27.5. The summed E-state index contributed by atoms with van der Waals surface area (Å²) in [6, 6.07) is 11.1. The average molecular weight is 397 g/mol. The topological polar surface area (TPSA) is 62.6 Å². The number of carbonyl (C=O) groups excluding carboxylic acids is 1. The first-order valence-corrected chi connectivity index (χ1v) is 10.7. The zero-order chi connectivity index (χ0) is 19.3. The number of fused-ring (bicyclic) bond motifs is 1. The van der Waals surface area contributed by atoms with Crippen LogP contribution < -0.4 is 10.9 Å². The van der Waals surface area contributed by atoms with Gasteiger partial charge in [0, 0.05) is 11.9 Å². The van der Waals surface area contributed by atoms with Crippen LogP contribution in [-0.2, 0) is 0 Å². The predicted molar refractivity (Wildman–Crippen MR) is 112 cm³/mol. The van der Waals surface area contributed by atoms with E-state index in [9.17, 15) is 9.59 Å². The van der Waals surface area contributed by atoms with E-state index in [4.69, 9.17) is 4.42 Å². The molecule has 0 spiro atoms. The first-order valence-electron chi connectivity index (χ1n) is 9.79. The van der Waals surface area contributed by atoms with Crippen LogP contribution in [0.4, 0.5) is 0 Å². The average Bonchev–Trinajstić information content (AvgIpc) is 3.10. The summed E-state index contributed by atoms with van der Waals surface area (Å²) in [5.74, 6) is -0.380. The molecule has 1 aromatic carbocycles. The molecule has 1 N–H and O–H groups in total. The molecule has 1 fully saturated rings. The van der Waals surface area contributed by atoms with Crippen molar-refractivity contribution in [1.82, 2.24) is 10.2 Å². The van der Waals surface area contributed by atoms with Crippen molar-refractivity contribution in [3.8, 4) is 0 Å². The molecule has 0 radical (unpaired) electrons. The summed E-state index contributed by atoms with van der Waals surface area (Å²) in [5, 5.41) is 7.93. The van der Waals surface area contributed by atoms with Gasteiger partial charge in [0.1, 0.15) is 11.1 Å². The lowest BCUT2D eigenvalue weighted by molar-refractivity contribution is 0.0930. The first-order chi connectivity index (χ1) is 13.7. The summed E-state index contributed by atoms with van der Waals surface area (Å²) in [6.07, 6.45) is 4.89. The molecule has 1 unspecified atom stereocenters. The van der Waals surface area contributed by atoms with E-state index in [2.05, 4.69) is 27.0 Å². The zero-order valence-electron chi connectivity index (χ0n) is 15.7. The lowest BCUT2D eigenvalue weighted by atomic mass is 10.1. The van der Waals surface area contributed by atoms with Gasteiger partial charge in [0.25, 0.3) is 5.91 Å². The third-order valence-corrected chi connectivity index (χ3v) is 6.05. The van der Waals surface area contributed by atoms with Crippen molar-refractivity contribution in [3.63, 3.8) is 0 Å². The van der Waals surface area contributed by atoms with Crippen LogP contribution in [0.3, 0.4) is 0 Å². The number of hydrogen-bond acceptors (Lipinski definition) is 5. The molecular formula is C22H24N2O3S. The van der Waals surface area contributed by atoms with Crippen LogP contribution in [0.1, 0.15) is 47.6 Å². The van der Waals surface area contributed by atoms with E-state index < -0.39 is 5.63 Å². The van der Waals surface area contributed by atoms with E-state index in [1.807, 2.05) is 12.1 Å². The van der Waals surface area contributed by atoms with Crippen molar-refractivity contribution < 1.29 is 9.21 Å². The molecule has 3 heterocycles. The molecule has 6 heteroatoms. The normalized spacial score (nSPS) is 16.6. The Morgan fingerprint density at radius 1 is 1.14 bits per heavy atom. The van der Waals surface area contributed by atoms with Gasteiger partial charge in [0.2, 0.25) is 0 Å². The first kappa shape index (κ1) is 18.9. The van der Waals surface area contributed by atoms with Gasteiger partial charge in [-0.2, -0.15) is 11.3 Å². The summed E-state index contributed by atoms with van der Waals surface area (Å²) in [5.41, 5.74) is 1.17. The Morgan fingerprint density at radius 2 is 1.93 bits per heavy atom. The van der Waals surface area contributed by atoms with E-state index in [1.165, 1.54) is 31.2 Å². The molecular weight excluding hydrogens is 372 g/mol. The molecule has 1 aliphatic heterocycles. The fraction of sp³-hybridized carbons (Fsp3) is 0.364. The number of likely N-dealkylation sites (tertiary alicyclic amines) is 1. The van der Waals surface area contributed by atoms with Crippen molar-refractivity contribution in [1.29, 1.82) is 0 Å². The van der Waals surface area contributed by atoms with Crippen molar-refractivity contribution in [2.24, 2.45) is 0 Å². The van der Waals surface area contributed by atoms with Gasteiger partial charge in [-0.3, -0.25) is 9.69 Å². The highest BCUT2D eigenvalue weighted by atomic mass is 32.1. The molecule has 1 saturated heterocycles. The van der Waals surface area contributed by atoms with Crippen molar-refractivity contribution in [2.75, 3.05) is 19.6 Å². The number of nitrogens with one attached hydrogen (secondary N) is 1. The zero-order valence-corrected chi connectivity index (χ0v) is 16.5. The molecule has 1 amide bonds. The minimum Gasteiger partial charge on any atom is -0.422 e. The summed E-state index contributed by atoms with van der Waals surface area (Å²) < 4.78 is 5.30. The number of para-hydroxylation sites is 1. The van der Waals surface area contributed by atoms with Gasteiger partial charge in [-0.25, -0.2) is 4.79 Å². The predicted octanol–water partition coefficient (Wildman–Crippen LogP) is 4.20. The quantitative estimate of drug-likeness (QED) is 0.657. The summed E-state index contributed by atoms with van der Waals surface area (Å²) in [7, 11) is 0. The maximum Gasteiger partial charge on any atom is 0.349 e. The Kier molecular flexibility index (Phi) is 5.88. The molecule has 146 valence electrons. The van der Waals surface area contributed by atoms with Crippen LogP contribution in [0.2, 0.25) is 0 Å². The van der Waals surface area contributed by atoms with Gasteiger partial charge >= 0.3 is 5.63 Å². The molecule has 0 aliphatic carbocycles. The van der Waals surface area contributed by atoms with Crippen LogP contribution >= 0.6 is 11.3 Å². The second-order valence-corrected chi connectivity index (χ2v) is 8.00. The number of amides is 1. The minimum absolute atomic E-state index is 0.0543. The lowest BCUT2D eigenvalue weighted by Crippen LogP contribution is -2.39. The Bertz CT molecular complexity index is 988. The largest absolute Gasteiger partial charge is 0.422 e. The van der Waals surface area contributed by atoms with E-state index in [-0.39, 0.29) is 17.5 Å². The highest BCUT2D eigenvalue weighted by Gasteiger charge is 2.23. The van der Waals surface area contributed by atoms with E-state index in [0.29, 0.717) is 12.1 Å². The Hall–Kier alpha value is -2.44. The van der Waals surface area contributed by atoms with Crippen LogP contribution in [-0.4, -0.2) is 30.4 Å². The molecule has 2 aromatic heterocycles. The third-order valence-electron chi connectivity index (χ3n) is 5.35. The maximum absolute atomic E-state index is 12.7. The monoisotopic (exact) mass is 396 g/mol. The smallest absolute Gasteiger partial charge is 0.349 e. The standard InChI is InChI=1S/C22H24N2O3S/c25-21(18-13-16-7-3-4-8-20(16)27-22(18)26)23-14-19(17-9-12-28-15-17)24-10-5-1-2-6-11-24/h3-4,7-9,12-13,15,19H,1-2,5-6,10-11,14H2,(H,23,25). The molecule has 0 saturated carbocycles. The van der Waals surface area contributed by atoms with E-state index in [1.54, 1.807) is 29.5 Å². The molecule has 0 bridgehead atoms. The van der Waals surface area contributed by atoms with E-state index in [0.717, 1.165) is 18.5 Å². The van der Waals surface area contributed by atoms with Gasteiger partial charge in [0.15, 0.2) is 0 Å². The van der Waals surface area contributed by atoms with Gasteiger partial charge in [-0.1, -0.05) is 31.0 Å². The molecule has 3 aromatic rings. The second-order valence-electron chi connectivity index (χ2n) is 7.22. The SMILES string of the molecule is O=C(NCC(c1ccsc1)N1CCCCCC1)c1cc2ccccc2oc1=O. The van der Waals surface area contributed by atoms with Gasteiger partial charge in [-0.05, 0) is 60.5 Å². The fourth-order valence-electron chi connectivity index (χ4n) is 3.83. The van der Waals surface area contributed by atoms with Crippen molar-refractivity contribution in [3.05, 3.63) is 68.7 Å². The Morgan fingerprint density at radius 3 is 2.68 bits per heavy atom. The van der Waals surface area contributed by atoms with Crippen LogP contribution in [0.25, 0.3) is 11.0 Å². The minimum atomic E-state index is -0.599. The fourth-order valence-corrected chi connectivity index (χ4v) is 4.54. The van der Waals surface area contributed by atoms with Gasteiger partial charge in [-0.15, -0.1) is 0 Å². The van der Waals surface area contributed by atoms with Crippen LogP contribution in [0.15, 0.2) is 56.4 Å². The van der Waals surface area contributed by atoms with Crippen LogP contribution in [0.5, 0.6) is 0 Å². The van der Waals surface area contributed by atoms with E-state index >= 15 is 0 Å². The second kappa shape index (κ2) is 8.71. The maximum atomic E-state index is 12.7. The van der Waals surface area contributed by atoms with Gasteiger partial charge in [0.05, 0.1) is 6.04 Å². The molecule has 4 rings (SSSR count). The highest BCUT2D eigenvalue weighted by Crippen LogP contribution is 2.25. The Labute approximate surface area is 168 Å². The molecule has 1 atom stereocenters. The number of nitrogens with zero attached hydrogens (tertiary/aromatic N) is 1. The number of rotatable bonds is 5. The molecule has 28 heavy (non-hydrogen) atoms. The number of benzene rings is 1. The summed E-state index contributed by atoms with van der Waals surface area (Å²) >= 11 is 1.67. The lowest BCUT2D eigenvalue weighted by Gasteiger charge is -2.30. The highest BCUT2D eigenvalue weighted by molar-refractivity contribution is 7.07. The third kappa shape index (κ3) is 4.18. The van der Waals surface area contributed by atoms with Crippen molar-refractivity contribution >= 4 is 28.2 Å². The summed E-state index contributed by atoms with van der Waals surface area (Å²) in [6.45, 7) is 2.55. The van der Waals surface area contributed by atoms with Gasteiger partial charge < -0.3 is 9.73 Å². The molecule has 5 nitrogen and oxygen atoms in total. The molecule has 1 aliphatic rings. The number of carbonyl (C=O) groups is 1. The van der Waals surface area contributed by atoms with Crippen LogP contribution in [0, 0.1) is 0 Å². The Balaban J connectivity index is 1.53. The van der Waals surface area contributed by atoms with Crippen molar-refractivity contribution in [2.45, 2.75) is 31.7 Å². The number of hydrogen-bond donors (Lipinski definition) is 1.